The van der Waals surface area contributed by atoms with E-state index < -0.39 is 13.6 Å². The Hall–Kier alpha value is -2.20. The highest BCUT2D eigenvalue weighted by Crippen LogP contribution is 2.49. The van der Waals surface area contributed by atoms with Gasteiger partial charge in [0.1, 0.15) is 0 Å². The molecule has 0 radical (unpaired) electrons. The van der Waals surface area contributed by atoms with Crippen molar-refractivity contribution in [3.05, 3.63) is 59.7 Å². The van der Waals surface area contributed by atoms with Gasteiger partial charge in [0, 0.05) is 5.39 Å². The standard InChI is InChI=1S/C21H23O5P/c1-4-14(2)26-27(23,24)13-17-10-7-9-16-12-15-8-5-6-11-18(15)20(19(16)17)21(22)25-3/h5-12,14H,4,13H2,1-3H3,(H,23,24). The number of hydrogen-bond acceptors (Lipinski definition) is 4. The molecule has 0 bridgehead atoms. The Morgan fingerprint density at radius 3 is 2.56 bits per heavy atom. The number of carbonyl (C=O) groups is 1. The largest absolute Gasteiger partial charge is 0.465 e. The minimum absolute atomic E-state index is 0.170. The molecule has 0 aliphatic rings. The number of methoxy groups -OCH3 is 1. The van der Waals surface area contributed by atoms with Gasteiger partial charge in [-0.3, -0.25) is 4.57 Å². The fourth-order valence-electron chi connectivity index (χ4n) is 3.25. The van der Waals surface area contributed by atoms with Crippen molar-refractivity contribution in [2.24, 2.45) is 0 Å². The summed E-state index contributed by atoms with van der Waals surface area (Å²) in [4.78, 5) is 22.9. The molecule has 2 unspecified atom stereocenters. The smallest absolute Gasteiger partial charge is 0.339 e. The molecule has 3 rings (SSSR count). The molecule has 0 saturated carbocycles. The van der Waals surface area contributed by atoms with Gasteiger partial charge in [-0.1, -0.05) is 49.4 Å². The second-order valence-corrected chi connectivity index (χ2v) is 8.40. The molecular formula is C21H23O5P. The Kier molecular flexibility index (Phi) is 5.66. The summed E-state index contributed by atoms with van der Waals surface area (Å²) >= 11 is 0. The number of esters is 1. The van der Waals surface area contributed by atoms with Gasteiger partial charge in [0.05, 0.1) is 24.9 Å². The van der Waals surface area contributed by atoms with Crippen LogP contribution in [-0.4, -0.2) is 24.1 Å². The van der Waals surface area contributed by atoms with Crippen LogP contribution in [0, 0.1) is 0 Å². The lowest BCUT2D eigenvalue weighted by atomic mass is 9.94. The van der Waals surface area contributed by atoms with E-state index in [-0.39, 0.29) is 12.3 Å². The summed E-state index contributed by atoms with van der Waals surface area (Å²) in [7, 11) is -2.53. The highest BCUT2D eigenvalue weighted by Gasteiger charge is 2.26. The Morgan fingerprint density at radius 2 is 1.85 bits per heavy atom. The Balaban J connectivity index is 2.24. The molecule has 3 aromatic carbocycles. The summed E-state index contributed by atoms with van der Waals surface area (Å²) in [6, 6.07) is 15.0. The minimum atomic E-state index is -3.86. The second-order valence-electron chi connectivity index (χ2n) is 6.60. The van der Waals surface area contributed by atoms with Crippen molar-refractivity contribution in [1.29, 1.82) is 0 Å². The highest BCUT2D eigenvalue weighted by molar-refractivity contribution is 7.52. The molecule has 0 aromatic heterocycles. The number of benzene rings is 3. The van der Waals surface area contributed by atoms with Crippen molar-refractivity contribution in [3.63, 3.8) is 0 Å². The molecule has 1 N–H and O–H groups in total. The molecule has 0 fully saturated rings. The first-order valence-corrected chi connectivity index (χ1v) is 10.6. The van der Waals surface area contributed by atoms with Crippen molar-refractivity contribution in [2.75, 3.05) is 7.11 Å². The molecule has 0 aliphatic carbocycles. The van der Waals surface area contributed by atoms with Crippen LogP contribution in [0.25, 0.3) is 21.5 Å². The van der Waals surface area contributed by atoms with Crippen LogP contribution in [0.5, 0.6) is 0 Å². The van der Waals surface area contributed by atoms with E-state index in [4.69, 9.17) is 9.26 Å². The van der Waals surface area contributed by atoms with Crippen LogP contribution in [0.15, 0.2) is 48.5 Å². The lowest BCUT2D eigenvalue weighted by Crippen LogP contribution is -2.07. The summed E-state index contributed by atoms with van der Waals surface area (Å²) in [5.41, 5.74) is 0.998. The average Bonchev–Trinajstić information content (AvgIpc) is 2.65. The summed E-state index contributed by atoms with van der Waals surface area (Å²) < 4.78 is 23.0. The normalized spacial score (nSPS) is 14.8. The molecule has 0 amide bonds. The van der Waals surface area contributed by atoms with E-state index in [2.05, 4.69) is 0 Å². The third kappa shape index (κ3) is 4.06. The predicted molar refractivity (Wildman–Crippen MR) is 107 cm³/mol. The van der Waals surface area contributed by atoms with Crippen molar-refractivity contribution in [3.8, 4) is 0 Å². The molecule has 0 spiro atoms. The lowest BCUT2D eigenvalue weighted by Gasteiger charge is -2.19. The molecule has 27 heavy (non-hydrogen) atoms. The molecule has 0 aliphatic heterocycles. The topological polar surface area (TPSA) is 72.8 Å². The van der Waals surface area contributed by atoms with Gasteiger partial charge >= 0.3 is 13.6 Å². The molecule has 5 nitrogen and oxygen atoms in total. The molecule has 3 aromatic rings. The van der Waals surface area contributed by atoms with Gasteiger partial charge < -0.3 is 14.2 Å². The molecule has 6 heteroatoms. The van der Waals surface area contributed by atoms with Crippen molar-refractivity contribution in [2.45, 2.75) is 32.5 Å². The first-order chi connectivity index (χ1) is 12.9. The van der Waals surface area contributed by atoms with Gasteiger partial charge in [0.2, 0.25) is 0 Å². The fourth-order valence-corrected chi connectivity index (χ4v) is 4.73. The monoisotopic (exact) mass is 386 g/mol. The predicted octanol–water partition coefficient (Wildman–Crippen LogP) is 5.28. The number of carbonyl (C=O) groups excluding carboxylic acids is 1. The zero-order valence-electron chi connectivity index (χ0n) is 15.6. The van der Waals surface area contributed by atoms with Gasteiger partial charge in [-0.25, -0.2) is 4.79 Å². The van der Waals surface area contributed by atoms with E-state index in [9.17, 15) is 14.3 Å². The maximum absolute atomic E-state index is 12.6. The second kappa shape index (κ2) is 7.81. The fraction of sp³-hybridized carbons (Fsp3) is 0.286. The van der Waals surface area contributed by atoms with Gasteiger partial charge in [-0.15, -0.1) is 0 Å². The van der Waals surface area contributed by atoms with Crippen molar-refractivity contribution in [1.82, 2.24) is 0 Å². The van der Waals surface area contributed by atoms with Crippen LogP contribution in [0.1, 0.15) is 36.2 Å². The first kappa shape index (κ1) is 19.6. The lowest BCUT2D eigenvalue weighted by molar-refractivity contribution is 0.0605. The van der Waals surface area contributed by atoms with Crippen LogP contribution >= 0.6 is 7.60 Å². The van der Waals surface area contributed by atoms with E-state index >= 15 is 0 Å². The minimum Gasteiger partial charge on any atom is -0.465 e. The molecule has 0 heterocycles. The quantitative estimate of drug-likeness (QED) is 0.354. The maximum atomic E-state index is 12.6. The molecule has 142 valence electrons. The van der Waals surface area contributed by atoms with E-state index in [1.54, 1.807) is 13.0 Å². The number of hydrogen-bond donors (Lipinski definition) is 1. The molecule has 0 saturated heterocycles. The summed E-state index contributed by atoms with van der Waals surface area (Å²) in [6.45, 7) is 3.66. The maximum Gasteiger partial charge on any atom is 0.339 e. The van der Waals surface area contributed by atoms with Gasteiger partial charge in [0.15, 0.2) is 0 Å². The SMILES string of the molecule is CCC(C)OP(=O)(O)Cc1cccc2cc3ccccc3c(C(=O)OC)c12. The van der Waals surface area contributed by atoms with Crippen LogP contribution < -0.4 is 0 Å². The van der Waals surface area contributed by atoms with Gasteiger partial charge in [-0.05, 0) is 41.1 Å². The van der Waals surface area contributed by atoms with Crippen LogP contribution in [0.4, 0.5) is 0 Å². The zero-order chi connectivity index (χ0) is 19.6. The summed E-state index contributed by atoms with van der Waals surface area (Å²) in [6.07, 6.45) is 0.145. The summed E-state index contributed by atoms with van der Waals surface area (Å²) in [5.74, 6) is -0.472. The van der Waals surface area contributed by atoms with E-state index in [1.165, 1.54) is 7.11 Å². The van der Waals surface area contributed by atoms with E-state index in [0.29, 0.717) is 22.9 Å². The van der Waals surface area contributed by atoms with E-state index in [1.807, 2.05) is 49.4 Å². The van der Waals surface area contributed by atoms with Gasteiger partial charge in [-0.2, -0.15) is 0 Å². The van der Waals surface area contributed by atoms with E-state index in [0.717, 1.165) is 16.2 Å². The number of rotatable bonds is 6. The number of fused-ring (bicyclic) bond motifs is 2. The van der Waals surface area contributed by atoms with Crippen molar-refractivity contribution >= 4 is 35.1 Å². The van der Waals surface area contributed by atoms with Crippen LogP contribution in [0.3, 0.4) is 0 Å². The van der Waals surface area contributed by atoms with Crippen molar-refractivity contribution < 1.29 is 23.5 Å². The Labute approximate surface area is 158 Å². The third-order valence-corrected chi connectivity index (χ3v) is 6.08. The number of ether oxygens (including phenoxy) is 1. The van der Waals surface area contributed by atoms with Gasteiger partial charge in [0.25, 0.3) is 0 Å². The first-order valence-electron chi connectivity index (χ1n) is 8.88. The highest BCUT2D eigenvalue weighted by atomic mass is 31.2. The molecule has 2 atom stereocenters. The van der Waals surface area contributed by atoms with Crippen LogP contribution in [0.2, 0.25) is 0 Å². The third-order valence-electron chi connectivity index (χ3n) is 4.65. The Morgan fingerprint density at radius 1 is 1.15 bits per heavy atom. The Bertz CT molecular complexity index is 1040. The van der Waals surface area contributed by atoms with Crippen LogP contribution in [-0.2, 0) is 20.0 Å². The average molecular weight is 386 g/mol. The zero-order valence-corrected chi connectivity index (χ0v) is 16.5. The summed E-state index contributed by atoms with van der Waals surface area (Å²) in [5, 5.41) is 3.10. The molecular weight excluding hydrogens is 363 g/mol.